The van der Waals surface area contributed by atoms with Crippen LogP contribution in [0.25, 0.3) is 0 Å². The Labute approximate surface area is 193 Å². The van der Waals surface area contributed by atoms with Crippen LogP contribution in [0.15, 0.2) is 36.4 Å². The maximum atomic E-state index is 11.7. The molecule has 166 valence electrons. The third-order valence-corrected chi connectivity index (χ3v) is 6.60. The standard InChI is InChI=1S/C23H28Cl2N4O2/c24-19-4-3-5-21(22(19)25)29-13-11-28(12-14-29)10-1-2-15-31-18-7-6-17-8-9-26-23(30)27-20(17)16-18/h3-7,16H,1-2,8-15H2,(H2,26,27,30). The molecule has 2 heterocycles. The summed E-state index contributed by atoms with van der Waals surface area (Å²) in [6.07, 6.45) is 2.90. The molecule has 0 atom stereocenters. The van der Waals surface area contributed by atoms with Gasteiger partial charge in [-0.3, -0.25) is 4.90 Å². The van der Waals surface area contributed by atoms with E-state index in [0.29, 0.717) is 23.2 Å². The number of nitrogens with zero attached hydrogens (tertiary/aromatic N) is 2. The zero-order chi connectivity index (χ0) is 21.6. The van der Waals surface area contributed by atoms with E-state index in [1.54, 1.807) is 0 Å². The molecule has 1 fully saturated rings. The Bertz CT molecular complexity index is 916. The van der Waals surface area contributed by atoms with Crippen molar-refractivity contribution in [1.29, 1.82) is 0 Å². The van der Waals surface area contributed by atoms with E-state index in [9.17, 15) is 4.79 Å². The molecular weight excluding hydrogens is 435 g/mol. The van der Waals surface area contributed by atoms with E-state index in [0.717, 1.165) is 74.7 Å². The Morgan fingerprint density at radius 2 is 1.87 bits per heavy atom. The van der Waals surface area contributed by atoms with Crippen molar-refractivity contribution >= 4 is 40.6 Å². The number of fused-ring (bicyclic) bond motifs is 1. The first kappa shape index (κ1) is 22.1. The first-order valence-corrected chi connectivity index (χ1v) is 11.6. The number of urea groups is 1. The quantitative estimate of drug-likeness (QED) is 0.587. The van der Waals surface area contributed by atoms with Crippen molar-refractivity contribution in [3.8, 4) is 5.75 Å². The summed E-state index contributed by atoms with van der Waals surface area (Å²) in [5.74, 6) is 0.799. The van der Waals surface area contributed by atoms with Gasteiger partial charge in [0.05, 0.1) is 22.3 Å². The minimum absolute atomic E-state index is 0.159. The van der Waals surface area contributed by atoms with Gasteiger partial charge in [-0.2, -0.15) is 0 Å². The summed E-state index contributed by atoms with van der Waals surface area (Å²) in [6.45, 7) is 6.32. The molecule has 0 saturated carbocycles. The van der Waals surface area contributed by atoms with Gasteiger partial charge >= 0.3 is 6.03 Å². The number of carbonyl (C=O) groups excluding carboxylic acids is 1. The second kappa shape index (κ2) is 10.4. The maximum absolute atomic E-state index is 11.7. The Balaban J connectivity index is 1.16. The fraction of sp³-hybridized carbons (Fsp3) is 0.435. The van der Waals surface area contributed by atoms with Crippen LogP contribution in [0.3, 0.4) is 0 Å². The Morgan fingerprint density at radius 1 is 1.03 bits per heavy atom. The highest BCUT2D eigenvalue weighted by atomic mass is 35.5. The highest BCUT2D eigenvalue weighted by Crippen LogP contribution is 2.33. The lowest BCUT2D eigenvalue weighted by molar-refractivity contribution is 0.238. The largest absolute Gasteiger partial charge is 0.494 e. The Morgan fingerprint density at radius 3 is 2.71 bits per heavy atom. The number of hydrogen-bond donors (Lipinski definition) is 2. The van der Waals surface area contributed by atoms with Gasteiger partial charge in [-0.15, -0.1) is 0 Å². The highest BCUT2D eigenvalue weighted by molar-refractivity contribution is 6.43. The number of hydrogen-bond acceptors (Lipinski definition) is 4. The molecule has 2 aliphatic heterocycles. The van der Waals surface area contributed by atoms with E-state index in [-0.39, 0.29) is 6.03 Å². The van der Waals surface area contributed by atoms with Crippen LogP contribution < -0.4 is 20.3 Å². The second-order valence-corrected chi connectivity index (χ2v) is 8.69. The van der Waals surface area contributed by atoms with Gasteiger partial charge in [0.2, 0.25) is 0 Å². The monoisotopic (exact) mass is 462 g/mol. The summed E-state index contributed by atoms with van der Waals surface area (Å²) in [5.41, 5.74) is 2.99. The first-order valence-electron chi connectivity index (χ1n) is 10.8. The molecule has 2 aromatic rings. The zero-order valence-corrected chi connectivity index (χ0v) is 19.0. The van der Waals surface area contributed by atoms with Crippen LogP contribution in [-0.4, -0.2) is 56.8 Å². The molecule has 0 aromatic heterocycles. The average molecular weight is 463 g/mol. The lowest BCUT2D eigenvalue weighted by Gasteiger charge is -2.36. The van der Waals surface area contributed by atoms with Gasteiger partial charge in [0.25, 0.3) is 0 Å². The number of carbonyl (C=O) groups is 1. The summed E-state index contributed by atoms with van der Waals surface area (Å²) in [7, 11) is 0. The summed E-state index contributed by atoms with van der Waals surface area (Å²) < 4.78 is 5.91. The second-order valence-electron chi connectivity index (χ2n) is 7.91. The number of benzene rings is 2. The normalized spacial score (nSPS) is 16.8. The fourth-order valence-corrected chi connectivity index (χ4v) is 4.45. The maximum Gasteiger partial charge on any atom is 0.319 e. The molecule has 0 aliphatic carbocycles. The predicted molar refractivity (Wildman–Crippen MR) is 127 cm³/mol. The Kier molecular flexibility index (Phi) is 7.43. The van der Waals surface area contributed by atoms with E-state index in [1.807, 2.05) is 36.4 Å². The molecule has 2 aromatic carbocycles. The number of anilines is 2. The van der Waals surface area contributed by atoms with E-state index >= 15 is 0 Å². The Hall–Kier alpha value is -2.15. The minimum atomic E-state index is -0.159. The van der Waals surface area contributed by atoms with Crippen molar-refractivity contribution < 1.29 is 9.53 Å². The highest BCUT2D eigenvalue weighted by Gasteiger charge is 2.19. The van der Waals surface area contributed by atoms with Crippen molar-refractivity contribution in [1.82, 2.24) is 10.2 Å². The molecule has 31 heavy (non-hydrogen) atoms. The van der Waals surface area contributed by atoms with Gasteiger partial charge in [-0.05, 0) is 49.6 Å². The van der Waals surface area contributed by atoms with Crippen LogP contribution in [0, 0.1) is 0 Å². The van der Waals surface area contributed by atoms with E-state index in [1.165, 1.54) is 0 Å². The van der Waals surface area contributed by atoms with Gasteiger partial charge in [0.1, 0.15) is 5.75 Å². The summed E-state index contributed by atoms with van der Waals surface area (Å²) in [5, 5.41) is 6.93. The van der Waals surface area contributed by atoms with Gasteiger partial charge < -0.3 is 20.3 Å². The third-order valence-electron chi connectivity index (χ3n) is 5.79. The minimum Gasteiger partial charge on any atom is -0.494 e. The summed E-state index contributed by atoms with van der Waals surface area (Å²) in [4.78, 5) is 16.4. The zero-order valence-electron chi connectivity index (χ0n) is 17.5. The number of rotatable bonds is 7. The van der Waals surface area contributed by atoms with Crippen LogP contribution in [0.1, 0.15) is 18.4 Å². The van der Waals surface area contributed by atoms with Crippen molar-refractivity contribution in [2.75, 3.05) is 56.1 Å². The van der Waals surface area contributed by atoms with Crippen molar-refractivity contribution in [3.63, 3.8) is 0 Å². The van der Waals surface area contributed by atoms with Crippen LogP contribution in [0.2, 0.25) is 10.0 Å². The summed E-state index contributed by atoms with van der Waals surface area (Å²) in [6, 6.07) is 11.6. The molecule has 0 unspecified atom stereocenters. The van der Waals surface area contributed by atoms with Crippen LogP contribution >= 0.6 is 23.2 Å². The number of ether oxygens (including phenoxy) is 1. The molecule has 0 spiro atoms. The van der Waals surface area contributed by atoms with Crippen LogP contribution in [0.4, 0.5) is 16.2 Å². The van der Waals surface area contributed by atoms with Gasteiger partial charge in [-0.25, -0.2) is 4.79 Å². The fourth-order valence-electron chi connectivity index (χ4n) is 4.03. The number of piperazine rings is 1. The molecule has 2 N–H and O–H groups in total. The van der Waals surface area contributed by atoms with Crippen LogP contribution in [0.5, 0.6) is 5.75 Å². The first-order chi connectivity index (χ1) is 15.1. The smallest absolute Gasteiger partial charge is 0.319 e. The molecule has 2 aliphatic rings. The number of amides is 2. The van der Waals surface area contributed by atoms with Crippen molar-refractivity contribution in [3.05, 3.63) is 52.0 Å². The average Bonchev–Trinajstić information content (AvgIpc) is 2.96. The van der Waals surface area contributed by atoms with Gasteiger partial charge in [0.15, 0.2) is 0 Å². The summed E-state index contributed by atoms with van der Waals surface area (Å²) >= 11 is 12.5. The molecule has 2 amide bonds. The predicted octanol–water partition coefficient (Wildman–Crippen LogP) is 4.65. The van der Waals surface area contributed by atoms with E-state index in [2.05, 4.69) is 20.4 Å². The van der Waals surface area contributed by atoms with Gasteiger partial charge in [0, 0.05) is 44.5 Å². The van der Waals surface area contributed by atoms with Crippen molar-refractivity contribution in [2.24, 2.45) is 0 Å². The molecule has 4 rings (SSSR count). The van der Waals surface area contributed by atoms with Crippen molar-refractivity contribution in [2.45, 2.75) is 19.3 Å². The van der Waals surface area contributed by atoms with Crippen LogP contribution in [-0.2, 0) is 6.42 Å². The topological polar surface area (TPSA) is 56.8 Å². The van der Waals surface area contributed by atoms with Gasteiger partial charge in [-0.1, -0.05) is 35.3 Å². The number of unbranched alkanes of at least 4 members (excludes halogenated alkanes) is 1. The van der Waals surface area contributed by atoms with E-state index in [4.69, 9.17) is 27.9 Å². The molecule has 6 nitrogen and oxygen atoms in total. The number of nitrogens with one attached hydrogen (secondary N) is 2. The molecule has 1 saturated heterocycles. The molecule has 0 radical (unpaired) electrons. The lowest BCUT2D eigenvalue weighted by atomic mass is 10.1. The molecule has 8 heteroatoms. The SMILES string of the molecule is O=C1NCCc2ccc(OCCCCN3CCN(c4cccc(Cl)c4Cl)CC3)cc2N1. The number of halogens is 2. The lowest BCUT2D eigenvalue weighted by Crippen LogP contribution is -2.46. The third kappa shape index (κ3) is 5.76. The molecule has 0 bridgehead atoms. The van der Waals surface area contributed by atoms with E-state index < -0.39 is 0 Å². The molecular formula is C23H28Cl2N4O2.